The van der Waals surface area contributed by atoms with Crippen LogP contribution in [0.15, 0.2) is 42.5 Å². The second-order valence-electron chi connectivity index (χ2n) is 7.21. The highest BCUT2D eigenvalue weighted by atomic mass is 35.5. The van der Waals surface area contributed by atoms with Crippen molar-refractivity contribution in [2.45, 2.75) is 26.0 Å². The molecule has 0 aromatic heterocycles. The summed E-state index contributed by atoms with van der Waals surface area (Å²) in [6, 6.07) is 16.0. The van der Waals surface area contributed by atoms with Crippen molar-refractivity contribution >= 4 is 17.3 Å². The number of nitriles is 1. The third-order valence-corrected chi connectivity index (χ3v) is 5.44. The zero-order valence-corrected chi connectivity index (χ0v) is 17.1. The van der Waals surface area contributed by atoms with E-state index in [9.17, 15) is 5.11 Å². The highest BCUT2D eigenvalue weighted by Gasteiger charge is 2.23. The van der Waals surface area contributed by atoms with E-state index in [-0.39, 0.29) is 6.61 Å². The number of hydrogen-bond donors (Lipinski definition) is 1. The first-order valence-corrected chi connectivity index (χ1v) is 9.95. The molecule has 6 heteroatoms. The lowest BCUT2D eigenvalue weighted by Gasteiger charge is -2.39. The van der Waals surface area contributed by atoms with Gasteiger partial charge in [0.25, 0.3) is 0 Å². The Labute approximate surface area is 171 Å². The topological polar surface area (TPSA) is 59.7 Å². The molecule has 3 rings (SSSR count). The summed E-state index contributed by atoms with van der Waals surface area (Å²) in [4.78, 5) is 4.74. The van der Waals surface area contributed by atoms with Gasteiger partial charge in [0.1, 0.15) is 12.4 Å². The molecule has 28 heavy (non-hydrogen) atoms. The first-order chi connectivity index (χ1) is 13.5. The predicted molar refractivity (Wildman–Crippen MR) is 112 cm³/mol. The number of anilines is 1. The molecule has 2 aromatic rings. The summed E-state index contributed by atoms with van der Waals surface area (Å²) in [6.07, 6.45) is -0.510. The Morgan fingerprint density at radius 3 is 2.36 bits per heavy atom. The Hall–Kier alpha value is -2.26. The third-order valence-electron chi connectivity index (χ3n) is 5.14. The molecule has 0 radical (unpaired) electrons. The molecular weight excluding hydrogens is 374 g/mol. The lowest BCUT2D eigenvalue weighted by Crippen LogP contribution is -2.47. The summed E-state index contributed by atoms with van der Waals surface area (Å²) in [7, 11) is 0. The number of halogens is 1. The Balaban J connectivity index is 1.59. The molecule has 148 valence electrons. The molecule has 0 bridgehead atoms. The van der Waals surface area contributed by atoms with Crippen LogP contribution >= 0.6 is 11.6 Å². The van der Waals surface area contributed by atoms with Crippen molar-refractivity contribution in [2.75, 3.05) is 37.7 Å². The summed E-state index contributed by atoms with van der Waals surface area (Å²) in [5, 5.41) is 18.9. The van der Waals surface area contributed by atoms with Gasteiger partial charge in [-0.2, -0.15) is 5.26 Å². The van der Waals surface area contributed by atoms with Crippen LogP contribution in [0.25, 0.3) is 0 Å². The van der Waals surface area contributed by atoms with E-state index < -0.39 is 6.10 Å². The van der Waals surface area contributed by atoms with Gasteiger partial charge in [0.2, 0.25) is 0 Å². The highest BCUT2D eigenvalue weighted by molar-refractivity contribution is 6.33. The van der Waals surface area contributed by atoms with Gasteiger partial charge in [-0.15, -0.1) is 0 Å². The summed E-state index contributed by atoms with van der Waals surface area (Å²) in [5.74, 6) is 0.669. The predicted octanol–water partition coefficient (Wildman–Crippen LogP) is 3.85. The molecule has 1 fully saturated rings. The van der Waals surface area contributed by atoms with Crippen molar-refractivity contribution in [3.63, 3.8) is 0 Å². The normalized spacial score (nSPS) is 17.0. The van der Waals surface area contributed by atoms with Gasteiger partial charge in [-0.1, -0.05) is 23.7 Å². The van der Waals surface area contributed by atoms with Crippen molar-refractivity contribution in [1.29, 1.82) is 5.26 Å². The fourth-order valence-electron chi connectivity index (χ4n) is 3.45. The molecule has 1 aliphatic rings. The van der Waals surface area contributed by atoms with Crippen LogP contribution < -0.4 is 9.64 Å². The maximum atomic E-state index is 9.33. The molecule has 1 heterocycles. The Morgan fingerprint density at radius 1 is 1.11 bits per heavy atom. The minimum atomic E-state index is -0.510. The van der Waals surface area contributed by atoms with Crippen molar-refractivity contribution < 1.29 is 9.84 Å². The fraction of sp³-hybridized carbons (Fsp3) is 0.409. The number of hydrogen-bond acceptors (Lipinski definition) is 5. The molecule has 0 saturated carbocycles. The Bertz CT molecular complexity index is 825. The van der Waals surface area contributed by atoms with Crippen LogP contribution in [0.3, 0.4) is 0 Å². The second kappa shape index (κ2) is 9.29. The number of aliphatic hydroxyl groups is 1. The van der Waals surface area contributed by atoms with E-state index in [1.807, 2.05) is 42.5 Å². The average Bonchev–Trinajstić information content (AvgIpc) is 2.72. The standard InChI is InChI=1S/C22H26ClN3O2/c1-16(27)15-28-20-7-8-22(21(23)13-20)26-11-9-25(10-12-26)17(2)19-5-3-18(14-24)4-6-19/h3-8,13,16-17,27H,9-12,15H2,1-2H3/t16-,17-/m1/s1. The summed E-state index contributed by atoms with van der Waals surface area (Å²) >= 11 is 6.48. The summed E-state index contributed by atoms with van der Waals surface area (Å²) in [5.41, 5.74) is 2.93. The SMILES string of the molecule is C[C@H](c1ccc(C#N)cc1)N1CCN(c2ccc(OC[C@@H](C)O)cc2Cl)CC1. The van der Waals surface area contributed by atoms with Crippen LogP contribution in [0.4, 0.5) is 5.69 Å². The quantitative estimate of drug-likeness (QED) is 0.799. The lowest BCUT2D eigenvalue weighted by atomic mass is 10.0. The van der Waals surface area contributed by atoms with Crippen LogP contribution in [0.1, 0.15) is 31.0 Å². The van der Waals surface area contributed by atoms with Crippen molar-refractivity contribution in [1.82, 2.24) is 4.90 Å². The molecule has 0 aliphatic carbocycles. The fourth-order valence-corrected chi connectivity index (χ4v) is 3.74. The van der Waals surface area contributed by atoms with Crippen LogP contribution in [0, 0.1) is 11.3 Å². The molecule has 0 spiro atoms. The molecule has 0 unspecified atom stereocenters. The van der Waals surface area contributed by atoms with Crippen molar-refractivity contribution in [3.8, 4) is 11.8 Å². The first-order valence-electron chi connectivity index (χ1n) is 9.57. The van der Waals surface area contributed by atoms with E-state index in [1.54, 1.807) is 6.92 Å². The van der Waals surface area contributed by atoms with Gasteiger partial charge in [0, 0.05) is 38.3 Å². The molecular formula is C22H26ClN3O2. The molecule has 0 amide bonds. The van der Waals surface area contributed by atoms with E-state index in [4.69, 9.17) is 21.6 Å². The third kappa shape index (κ3) is 4.96. The molecule has 5 nitrogen and oxygen atoms in total. The Morgan fingerprint density at radius 2 is 1.79 bits per heavy atom. The molecule has 2 aromatic carbocycles. The van der Waals surface area contributed by atoms with Gasteiger partial charge < -0.3 is 14.7 Å². The smallest absolute Gasteiger partial charge is 0.121 e. The van der Waals surface area contributed by atoms with Gasteiger partial charge in [0.15, 0.2) is 0 Å². The van der Waals surface area contributed by atoms with E-state index in [1.165, 1.54) is 5.56 Å². The lowest BCUT2D eigenvalue weighted by molar-refractivity contribution is 0.123. The molecule has 2 atom stereocenters. The summed E-state index contributed by atoms with van der Waals surface area (Å²) in [6.45, 7) is 7.83. The van der Waals surface area contributed by atoms with Crippen LogP contribution in [-0.2, 0) is 0 Å². The van der Waals surface area contributed by atoms with E-state index >= 15 is 0 Å². The zero-order chi connectivity index (χ0) is 20.1. The minimum absolute atomic E-state index is 0.252. The molecule has 1 saturated heterocycles. The number of benzene rings is 2. The number of piperazine rings is 1. The molecule has 1 N–H and O–H groups in total. The van der Waals surface area contributed by atoms with Crippen LogP contribution in [0.5, 0.6) is 5.75 Å². The van der Waals surface area contributed by atoms with Gasteiger partial charge in [0.05, 0.1) is 28.4 Å². The van der Waals surface area contributed by atoms with Gasteiger partial charge in [-0.25, -0.2) is 0 Å². The average molecular weight is 400 g/mol. The van der Waals surface area contributed by atoms with E-state index in [0.29, 0.717) is 22.4 Å². The number of rotatable bonds is 6. The number of nitrogens with zero attached hydrogens (tertiary/aromatic N) is 3. The number of aliphatic hydroxyl groups excluding tert-OH is 1. The minimum Gasteiger partial charge on any atom is -0.491 e. The maximum Gasteiger partial charge on any atom is 0.121 e. The van der Waals surface area contributed by atoms with Crippen molar-refractivity contribution in [2.24, 2.45) is 0 Å². The monoisotopic (exact) mass is 399 g/mol. The first kappa shape index (κ1) is 20.5. The zero-order valence-electron chi connectivity index (χ0n) is 16.3. The highest BCUT2D eigenvalue weighted by Crippen LogP contribution is 2.31. The maximum absolute atomic E-state index is 9.33. The van der Waals surface area contributed by atoms with E-state index in [2.05, 4.69) is 22.8 Å². The van der Waals surface area contributed by atoms with Gasteiger partial charge >= 0.3 is 0 Å². The van der Waals surface area contributed by atoms with E-state index in [0.717, 1.165) is 31.9 Å². The van der Waals surface area contributed by atoms with Gasteiger partial charge in [-0.05, 0) is 43.7 Å². The van der Waals surface area contributed by atoms with Crippen molar-refractivity contribution in [3.05, 3.63) is 58.6 Å². The second-order valence-corrected chi connectivity index (χ2v) is 7.61. The number of ether oxygens (including phenoxy) is 1. The summed E-state index contributed by atoms with van der Waals surface area (Å²) < 4.78 is 5.52. The Kier molecular flexibility index (Phi) is 6.79. The van der Waals surface area contributed by atoms with Gasteiger partial charge in [-0.3, -0.25) is 4.90 Å². The van der Waals surface area contributed by atoms with Crippen LogP contribution in [0.2, 0.25) is 5.02 Å². The molecule has 1 aliphatic heterocycles. The van der Waals surface area contributed by atoms with Crippen LogP contribution in [-0.4, -0.2) is 48.9 Å². The largest absolute Gasteiger partial charge is 0.491 e.